The average Bonchev–Trinajstić information content (AvgIpc) is 2.73. The van der Waals surface area contributed by atoms with E-state index in [-0.39, 0.29) is 17.5 Å². The van der Waals surface area contributed by atoms with E-state index in [0.717, 1.165) is 37.8 Å². The lowest BCUT2D eigenvalue weighted by Crippen LogP contribution is -2.54. The van der Waals surface area contributed by atoms with Gasteiger partial charge >= 0.3 is 5.69 Å². The highest BCUT2D eigenvalue weighted by Gasteiger charge is 2.23. The Balaban J connectivity index is 1.66. The number of nitrogens with one attached hydrogen (secondary N) is 2. The summed E-state index contributed by atoms with van der Waals surface area (Å²) in [5, 5.41) is 18.7. The van der Waals surface area contributed by atoms with Crippen molar-refractivity contribution in [3.63, 3.8) is 0 Å². The van der Waals surface area contributed by atoms with Crippen molar-refractivity contribution in [2.75, 3.05) is 23.7 Å². The predicted octanol–water partition coefficient (Wildman–Crippen LogP) is 3.76. The first kappa shape index (κ1) is 21.5. The zero-order chi connectivity index (χ0) is 20.8. The van der Waals surface area contributed by atoms with Gasteiger partial charge in [-0.15, -0.1) is 0 Å². The zero-order valence-corrected chi connectivity index (χ0v) is 17.5. The summed E-state index contributed by atoms with van der Waals surface area (Å²) in [6, 6.07) is 5.18. The molecule has 0 bridgehead atoms. The van der Waals surface area contributed by atoms with Crippen molar-refractivity contribution in [1.29, 1.82) is 0 Å². The molecular weight excluding hydrogens is 415 g/mol. The van der Waals surface area contributed by atoms with Crippen LogP contribution in [0.1, 0.15) is 31.2 Å². The van der Waals surface area contributed by atoms with E-state index in [2.05, 4.69) is 26.3 Å². The van der Waals surface area contributed by atoms with Gasteiger partial charge < -0.3 is 16.4 Å². The number of halogens is 2. The summed E-state index contributed by atoms with van der Waals surface area (Å²) < 4.78 is 0. The lowest BCUT2D eigenvalue weighted by atomic mass is 9.82. The van der Waals surface area contributed by atoms with Gasteiger partial charge in [-0.25, -0.2) is 4.98 Å². The lowest BCUT2D eigenvalue weighted by molar-refractivity contribution is -0.384. The van der Waals surface area contributed by atoms with Crippen molar-refractivity contribution in [3.05, 3.63) is 50.1 Å². The second-order valence-corrected chi connectivity index (χ2v) is 8.17. The minimum Gasteiger partial charge on any atom is -0.364 e. The molecule has 2 aromatic rings. The number of anilines is 2. The van der Waals surface area contributed by atoms with Crippen LogP contribution in [-0.2, 0) is 6.54 Å². The number of rotatable bonds is 8. The van der Waals surface area contributed by atoms with Gasteiger partial charge in [0.25, 0.3) is 0 Å². The number of hydrogen-bond acceptors (Lipinski definition) is 6. The van der Waals surface area contributed by atoms with E-state index >= 15 is 0 Å². The third-order valence-corrected chi connectivity index (χ3v) is 5.95. The SMILES string of the molecule is [NH3+]CC1CCC(CNc2nc(NCc3cc(Cl)ccc3Cl)ncc2[N+](=O)[O-])CC1. The minimum absolute atomic E-state index is 0.136. The Morgan fingerprint density at radius 1 is 1.17 bits per heavy atom. The summed E-state index contributed by atoms with van der Waals surface area (Å²) in [5.41, 5.74) is 4.64. The third-order valence-electron chi connectivity index (χ3n) is 5.34. The van der Waals surface area contributed by atoms with Gasteiger partial charge in [-0.3, -0.25) is 10.1 Å². The van der Waals surface area contributed by atoms with Crippen LogP contribution in [0.5, 0.6) is 0 Å². The highest BCUT2D eigenvalue weighted by Crippen LogP contribution is 2.29. The Morgan fingerprint density at radius 2 is 1.90 bits per heavy atom. The quantitative estimate of drug-likeness (QED) is 0.425. The minimum atomic E-state index is -0.473. The molecule has 0 amide bonds. The topological polar surface area (TPSA) is 121 Å². The lowest BCUT2D eigenvalue weighted by Gasteiger charge is -2.26. The maximum absolute atomic E-state index is 11.4. The maximum Gasteiger partial charge on any atom is 0.329 e. The Bertz CT molecular complexity index is 859. The summed E-state index contributed by atoms with van der Waals surface area (Å²) in [6.45, 7) is 1.98. The Morgan fingerprint density at radius 3 is 2.59 bits per heavy atom. The summed E-state index contributed by atoms with van der Waals surface area (Å²) in [5.74, 6) is 1.70. The van der Waals surface area contributed by atoms with Crippen LogP contribution in [0.15, 0.2) is 24.4 Å². The molecule has 1 aliphatic rings. The first-order valence-corrected chi connectivity index (χ1v) is 10.4. The Kier molecular flexibility index (Phi) is 7.46. The van der Waals surface area contributed by atoms with E-state index in [1.54, 1.807) is 18.2 Å². The summed E-state index contributed by atoms with van der Waals surface area (Å²) in [7, 11) is 0. The molecule has 5 N–H and O–H groups in total. The summed E-state index contributed by atoms with van der Waals surface area (Å²) >= 11 is 12.2. The second kappa shape index (κ2) is 10.0. The van der Waals surface area contributed by atoms with Gasteiger partial charge in [0.1, 0.15) is 6.20 Å². The van der Waals surface area contributed by atoms with Crippen LogP contribution in [0.25, 0.3) is 0 Å². The largest absolute Gasteiger partial charge is 0.364 e. The van der Waals surface area contributed by atoms with Gasteiger partial charge in [0.2, 0.25) is 11.8 Å². The highest BCUT2D eigenvalue weighted by atomic mass is 35.5. The van der Waals surface area contributed by atoms with Gasteiger partial charge in [0, 0.05) is 29.1 Å². The molecule has 0 aliphatic heterocycles. The average molecular weight is 440 g/mol. The first-order chi connectivity index (χ1) is 14.0. The third kappa shape index (κ3) is 5.91. The normalized spacial score (nSPS) is 19.0. The van der Waals surface area contributed by atoms with Crippen LogP contribution in [0.3, 0.4) is 0 Å². The molecule has 0 saturated heterocycles. The first-order valence-electron chi connectivity index (χ1n) is 9.68. The molecule has 1 aromatic heterocycles. The van der Waals surface area contributed by atoms with Crippen LogP contribution >= 0.6 is 23.2 Å². The Hall–Kier alpha value is -2.16. The van der Waals surface area contributed by atoms with Crippen LogP contribution in [0.4, 0.5) is 17.5 Å². The van der Waals surface area contributed by atoms with E-state index in [1.165, 1.54) is 6.20 Å². The predicted molar refractivity (Wildman–Crippen MR) is 114 cm³/mol. The number of hydrogen-bond donors (Lipinski definition) is 3. The molecule has 8 nitrogen and oxygen atoms in total. The standard InChI is InChI=1S/C19H24Cl2N6O2/c20-15-5-6-16(21)14(7-15)10-24-19-25-11-17(27(28)29)18(26-19)23-9-13-3-1-12(8-22)2-4-13/h5-7,11-13H,1-4,8-10,22H2,(H2,23,24,25,26)/p+1. The fourth-order valence-corrected chi connectivity index (χ4v) is 3.92. The molecular formula is C19H25Cl2N6O2+. The maximum atomic E-state index is 11.4. The molecule has 1 aromatic carbocycles. The molecule has 10 heteroatoms. The van der Waals surface area contributed by atoms with Gasteiger partial charge in [-0.2, -0.15) is 4.98 Å². The highest BCUT2D eigenvalue weighted by molar-refractivity contribution is 6.33. The van der Waals surface area contributed by atoms with Crippen molar-refractivity contribution in [1.82, 2.24) is 9.97 Å². The number of benzene rings is 1. The monoisotopic (exact) mass is 439 g/mol. The second-order valence-electron chi connectivity index (χ2n) is 7.33. The van der Waals surface area contributed by atoms with Gasteiger partial charge in [0.15, 0.2) is 0 Å². The molecule has 3 rings (SSSR count). The number of aromatic nitrogens is 2. The van der Waals surface area contributed by atoms with Gasteiger partial charge in [-0.1, -0.05) is 23.2 Å². The van der Waals surface area contributed by atoms with Crippen LogP contribution in [0, 0.1) is 22.0 Å². The van der Waals surface area contributed by atoms with Crippen molar-refractivity contribution in [2.45, 2.75) is 32.2 Å². The molecule has 0 radical (unpaired) electrons. The summed E-state index contributed by atoms with van der Waals surface area (Å²) in [6.07, 6.45) is 5.75. The Labute approximate surface area is 179 Å². The molecule has 1 aliphatic carbocycles. The van der Waals surface area contributed by atoms with Gasteiger partial charge in [0.05, 0.1) is 11.5 Å². The number of nitro groups is 1. The summed E-state index contributed by atoms with van der Waals surface area (Å²) in [4.78, 5) is 19.3. The molecule has 156 valence electrons. The van der Waals surface area contributed by atoms with Crippen LogP contribution in [-0.4, -0.2) is 28.0 Å². The number of quaternary nitrogens is 1. The van der Waals surface area contributed by atoms with E-state index < -0.39 is 4.92 Å². The zero-order valence-electron chi connectivity index (χ0n) is 16.0. The number of nitrogens with zero attached hydrogens (tertiary/aromatic N) is 3. The van der Waals surface area contributed by atoms with Crippen molar-refractivity contribution >= 4 is 40.7 Å². The van der Waals surface area contributed by atoms with Crippen molar-refractivity contribution in [2.24, 2.45) is 11.8 Å². The smallest absolute Gasteiger partial charge is 0.329 e. The molecule has 1 heterocycles. The molecule has 1 saturated carbocycles. The fourth-order valence-electron chi connectivity index (χ4n) is 3.54. The molecule has 1 fully saturated rings. The van der Waals surface area contributed by atoms with E-state index in [4.69, 9.17) is 23.2 Å². The fraction of sp³-hybridized carbons (Fsp3) is 0.474. The van der Waals surface area contributed by atoms with E-state index in [0.29, 0.717) is 35.0 Å². The molecule has 0 unspecified atom stereocenters. The molecule has 0 spiro atoms. The van der Waals surface area contributed by atoms with Crippen molar-refractivity contribution < 1.29 is 10.7 Å². The van der Waals surface area contributed by atoms with E-state index in [9.17, 15) is 10.1 Å². The van der Waals surface area contributed by atoms with Gasteiger partial charge in [-0.05, 0) is 55.4 Å². The molecule has 0 atom stereocenters. The van der Waals surface area contributed by atoms with Crippen molar-refractivity contribution in [3.8, 4) is 0 Å². The van der Waals surface area contributed by atoms with Crippen LogP contribution in [0.2, 0.25) is 10.0 Å². The van der Waals surface area contributed by atoms with Crippen LogP contribution < -0.4 is 16.4 Å². The molecule has 29 heavy (non-hydrogen) atoms. The van der Waals surface area contributed by atoms with E-state index in [1.807, 2.05) is 0 Å².